The highest BCUT2D eigenvalue weighted by Crippen LogP contribution is 2.41. The first-order valence-electron chi connectivity index (χ1n) is 47.8. The van der Waals surface area contributed by atoms with E-state index in [4.69, 9.17) is 77.8 Å². The molecule has 141 heavy (non-hydrogen) atoms. The molecule has 10 rings (SSSR count). The maximum Gasteiger partial charge on any atom is 0.326 e. The molecule has 0 radical (unpaired) electrons. The van der Waals surface area contributed by atoms with Gasteiger partial charge in [-0.05, 0) is 64.2 Å². The molecule has 4 saturated carbocycles. The molecule has 29 atom stereocenters. The number of hydrogen-bond donors (Lipinski definition) is 26. The number of carbonyl (C=O) groups is 10. The van der Waals surface area contributed by atoms with Gasteiger partial charge in [-0.1, -0.05) is 64.2 Å². The lowest BCUT2D eigenvalue weighted by Gasteiger charge is -2.49. The van der Waals surface area contributed by atoms with Crippen molar-refractivity contribution in [2.24, 2.45) is 35.1 Å². The molecular weight excluding hydrogens is 1880 g/mol. The van der Waals surface area contributed by atoms with E-state index >= 15 is 0 Å². The van der Waals surface area contributed by atoms with E-state index < -0.39 is 322 Å². The Morgan fingerprint density at radius 3 is 1.32 bits per heavy atom. The fourth-order valence-corrected chi connectivity index (χ4v) is 18.6. The molecule has 0 bridgehead atoms. The molecule has 2 aromatic heterocycles. The number of ether oxygens (including phenoxy) is 14. The zero-order valence-electron chi connectivity index (χ0n) is 79.1. The molecule has 6 heterocycles. The highest BCUT2D eigenvalue weighted by molar-refractivity contribution is 5.93. The van der Waals surface area contributed by atoms with Crippen molar-refractivity contribution >= 4 is 59.1 Å². The Morgan fingerprint density at radius 2 is 0.901 bits per heavy atom. The number of rotatable bonds is 50. The number of aliphatic hydroxyl groups excluding tert-OH is 9. The van der Waals surface area contributed by atoms with Crippen molar-refractivity contribution in [3.8, 4) is 0 Å². The molecule has 18 unspecified atom stereocenters. The summed E-state index contributed by atoms with van der Waals surface area (Å²) < 4.78 is 85.6. The second-order valence-electron chi connectivity index (χ2n) is 36.5. The number of aromatic amines is 4. The predicted molar refractivity (Wildman–Crippen MR) is 481 cm³/mol. The van der Waals surface area contributed by atoms with Crippen LogP contribution in [0, 0.1) is 23.7 Å². The average molecular weight is 2020 g/mol. The third-order valence-corrected chi connectivity index (χ3v) is 26.2. The van der Waals surface area contributed by atoms with Gasteiger partial charge in [0.15, 0.2) is 18.9 Å². The van der Waals surface area contributed by atoms with Gasteiger partial charge < -0.3 is 192 Å². The molecule has 0 aromatic carbocycles. The minimum Gasteiger partial charge on any atom is -0.394 e. The maximum atomic E-state index is 14.4. The van der Waals surface area contributed by atoms with Gasteiger partial charge in [0, 0.05) is 64.2 Å². The molecule has 0 spiro atoms. The number of aromatic nitrogens is 4. The largest absolute Gasteiger partial charge is 0.394 e. The van der Waals surface area contributed by atoms with Gasteiger partial charge in [0.25, 0.3) is 22.9 Å². The Morgan fingerprint density at radius 1 is 0.475 bits per heavy atom. The van der Waals surface area contributed by atoms with Gasteiger partial charge in [-0.25, -0.2) is 9.59 Å². The average Bonchev–Trinajstić information content (AvgIpc) is 0.765. The Hall–Kier alpha value is -8.98. The monoisotopic (exact) mass is 2020 g/mol. The first-order chi connectivity index (χ1) is 67.5. The molecule has 28 N–H and O–H groups in total. The standard InChI is InChI=1S/C87H140N16O38/c1-41-66(113)75(118)87(127,39-132-41)40-133-71-47(96-78(121)49-31-57(106)102-85(125)98-49)27-45(76(119)92-17-15-88)29-51(71)137-82-63(73(67(114)55(35-104)139-82)135-53(80(123)90-3)25-43-11-7-5-8-12-43)100-59(108)33-94-61(110)37-130-23-21-128-19-20-129-22-24-131-38-62(111)95-34-60(109)101-64-74(136-54(81(124)91-4)26-44-13-9-6-10-14-44)68(115)56(36-105)140-83(64)138-52-30-46(77(120)93-18-16-89)28-48(97-79(122)50-32-58(107)103-86(126)99-50)72(52)141-84-70(117)69(116)65(112)42(2)134-84/h31-32,41-48,51-56,63-75,82-84,104-105,112-118,127H,5-30,33-40,88-89H2,1-4H3,(H,90,123)(H,91,124)(H,92,119)(H,93,120)(H,94,110)(H,95,111)(H,96,121)(H,97,122)(H,100,108)(H,101,109)(H2,98,102,106,125)(H2,99,103,107,126)/t41?,42?,45?,46?,47?,48?,51-,52-,53+,54+,55?,56?,63?,64?,65-,66-,67+,68+,69?,70?,71?,72?,73?,74?,75?,82-,83-,84+,87?/m1/s1. The van der Waals surface area contributed by atoms with Crippen LogP contribution in [0.25, 0.3) is 0 Å². The van der Waals surface area contributed by atoms with Gasteiger partial charge >= 0.3 is 11.4 Å². The molecule has 54 nitrogen and oxygen atoms in total. The summed E-state index contributed by atoms with van der Waals surface area (Å²) >= 11 is 0. The van der Waals surface area contributed by atoms with E-state index in [2.05, 4.69) is 63.1 Å². The number of carbonyl (C=O) groups excluding carboxylic acids is 10. The smallest absolute Gasteiger partial charge is 0.326 e. The van der Waals surface area contributed by atoms with Crippen LogP contribution in [0.2, 0.25) is 0 Å². The van der Waals surface area contributed by atoms with Crippen molar-refractivity contribution in [3.05, 3.63) is 65.2 Å². The minimum absolute atomic E-state index is 0.0101. The Balaban J connectivity index is 0.746. The Labute approximate surface area is 808 Å². The van der Waals surface area contributed by atoms with Crippen molar-refractivity contribution in [1.29, 1.82) is 0 Å². The molecule has 2 aromatic rings. The molecule has 796 valence electrons. The number of hydrogen-bond acceptors (Lipinski definition) is 40. The van der Waals surface area contributed by atoms with Crippen LogP contribution < -0.4 is 87.1 Å². The summed E-state index contributed by atoms with van der Waals surface area (Å²) in [4.78, 5) is 198. The fourth-order valence-electron chi connectivity index (χ4n) is 18.6. The van der Waals surface area contributed by atoms with Crippen molar-refractivity contribution < 1.29 is 165 Å². The number of likely N-dealkylation sites (N-methyl/N-ethyl adjacent to an activating group) is 2. The van der Waals surface area contributed by atoms with Crippen LogP contribution >= 0.6 is 0 Å². The Bertz CT molecular complexity index is 4550. The summed E-state index contributed by atoms with van der Waals surface area (Å²) in [5.74, 6) is -10.6. The van der Waals surface area contributed by atoms with Gasteiger partial charge in [-0.2, -0.15) is 0 Å². The van der Waals surface area contributed by atoms with Crippen LogP contribution in [-0.4, -0.2) is 427 Å². The quantitative estimate of drug-likeness (QED) is 0.0274. The number of H-pyrrole nitrogens is 4. The summed E-state index contributed by atoms with van der Waals surface area (Å²) in [6.45, 7) is -3.93. The van der Waals surface area contributed by atoms with Gasteiger partial charge in [-0.3, -0.25) is 67.5 Å². The molecule has 8 fully saturated rings. The summed E-state index contributed by atoms with van der Waals surface area (Å²) in [7, 11) is 2.73. The van der Waals surface area contributed by atoms with Gasteiger partial charge in [0.05, 0.1) is 116 Å². The van der Waals surface area contributed by atoms with Crippen LogP contribution in [-0.2, 0) is 105 Å². The zero-order valence-corrected chi connectivity index (χ0v) is 79.1. The van der Waals surface area contributed by atoms with Gasteiger partial charge in [0.2, 0.25) is 47.3 Å². The van der Waals surface area contributed by atoms with E-state index in [1.54, 1.807) is 0 Å². The highest BCUT2D eigenvalue weighted by atomic mass is 16.7. The van der Waals surface area contributed by atoms with E-state index in [-0.39, 0.29) is 116 Å². The van der Waals surface area contributed by atoms with Gasteiger partial charge in [0.1, 0.15) is 134 Å². The molecular formula is C87H140N16O38. The summed E-state index contributed by atoms with van der Waals surface area (Å²) in [6.07, 6.45) is -28.9. The normalized spacial score (nSPS) is 32.0. The third kappa shape index (κ3) is 32.8. The fraction of sp³-hybridized carbons (Fsp3) is 0.793. The SMILES string of the molecule is CNC(=O)[C@H](CC1CCCCC1)OC1C(NC(=O)CNC(=O)COCCOCCOCCOCC(=O)NCC(=O)NC2C(O[C@@H](CC3CCCCC3)C(=O)NC)[C@@H](O)C(CO)O[C@H]2O[C@@H]2CC(C(=O)NCCN)CC(NC(=O)c3cc(=O)[nH]c(=O)[nH]3)C2O[C@@H]2OC(C)[C@@H](O)C(O)C2O)[C@H](O[C@@H]2CC(C(=O)NCCN)CC(NC(=O)c3cc(=O)[nH]c(=O)[nH]3)C2OCC2(O)COC(C)[C@@H](O)C2O)OC(CO)[C@@H]1O. The molecule has 8 aliphatic rings. The molecule has 10 amide bonds. The second kappa shape index (κ2) is 55.9. The second-order valence-corrected chi connectivity index (χ2v) is 36.5. The van der Waals surface area contributed by atoms with Crippen molar-refractivity contribution in [2.45, 2.75) is 281 Å². The van der Waals surface area contributed by atoms with Crippen molar-refractivity contribution in [2.75, 3.05) is 133 Å². The third-order valence-electron chi connectivity index (χ3n) is 26.2. The lowest BCUT2D eigenvalue weighted by Crippen LogP contribution is -2.68. The maximum absolute atomic E-state index is 14.4. The van der Waals surface area contributed by atoms with E-state index in [1.165, 1.54) is 27.9 Å². The number of nitrogens with two attached hydrogens (primary N) is 2. The van der Waals surface area contributed by atoms with Crippen molar-refractivity contribution in [1.82, 2.24) is 73.1 Å². The number of amides is 10. The molecule has 4 saturated heterocycles. The topological polar surface area (TPSA) is 806 Å². The summed E-state index contributed by atoms with van der Waals surface area (Å²) in [5.41, 5.74) is 4.04. The van der Waals surface area contributed by atoms with E-state index in [9.17, 15) is 118 Å². The summed E-state index contributed by atoms with van der Waals surface area (Å²) in [5, 5.41) is 139. The zero-order chi connectivity index (χ0) is 102. The predicted octanol–water partition coefficient (Wildman–Crippen LogP) is -12.1. The van der Waals surface area contributed by atoms with Crippen LogP contribution in [0.5, 0.6) is 0 Å². The Kier molecular flexibility index (Phi) is 45.2. The van der Waals surface area contributed by atoms with Crippen LogP contribution in [0.3, 0.4) is 0 Å². The number of nitrogens with one attached hydrogen (secondary N) is 14. The molecule has 4 aliphatic carbocycles. The lowest BCUT2D eigenvalue weighted by atomic mass is 9.80. The molecule has 4 aliphatic heterocycles. The first kappa shape index (κ1) is 114. The number of aliphatic hydroxyl groups is 10. The first-order valence-corrected chi connectivity index (χ1v) is 47.8. The van der Waals surface area contributed by atoms with Crippen molar-refractivity contribution in [3.63, 3.8) is 0 Å². The van der Waals surface area contributed by atoms with Crippen LogP contribution in [0.1, 0.15) is 138 Å². The lowest BCUT2D eigenvalue weighted by molar-refractivity contribution is -0.335. The van der Waals surface area contributed by atoms with Crippen LogP contribution in [0.15, 0.2) is 31.3 Å². The van der Waals surface area contributed by atoms with E-state index in [1.807, 2.05) is 9.97 Å². The highest BCUT2D eigenvalue weighted by Gasteiger charge is 2.57. The molecule has 54 heteroatoms. The van der Waals surface area contributed by atoms with Gasteiger partial charge in [-0.15, -0.1) is 0 Å². The summed E-state index contributed by atoms with van der Waals surface area (Å²) in [6, 6.07) is -4.72. The van der Waals surface area contributed by atoms with E-state index in [0.717, 1.165) is 76.3 Å². The van der Waals surface area contributed by atoms with Crippen LogP contribution in [0.4, 0.5) is 0 Å². The van der Waals surface area contributed by atoms with E-state index in [0.29, 0.717) is 0 Å². The minimum atomic E-state index is -2.36.